The van der Waals surface area contributed by atoms with Gasteiger partial charge in [-0.2, -0.15) is 0 Å². The number of ketones is 1. The second-order valence-electron chi connectivity index (χ2n) is 8.27. The van der Waals surface area contributed by atoms with Gasteiger partial charge in [0.2, 0.25) is 0 Å². The Morgan fingerprint density at radius 2 is 1.71 bits per heavy atom. The number of amides is 2. The minimum absolute atomic E-state index is 0.123. The molecule has 1 saturated heterocycles. The summed E-state index contributed by atoms with van der Waals surface area (Å²) in [6.45, 7) is 2.85. The summed E-state index contributed by atoms with van der Waals surface area (Å²) >= 11 is 0. The molecule has 0 aliphatic carbocycles. The van der Waals surface area contributed by atoms with Crippen molar-refractivity contribution in [1.29, 1.82) is 0 Å². The predicted octanol–water partition coefficient (Wildman–Crippen LogP) is 3.06. The summed E-state index contributed by atoms with van der Waals surface area (Å²) in [5.41, 5.74) is -0.489. The van der Waals surface area contributed by atoms with E-state index in [1.807, 2.05) is 13.0 Å². The molecule has 0 aromatic heterocycles. The lowest BCUT2D eigenvalue weighted by Gasteiger charge is -2.34. The van der Waals surface area contributed by atoms with E-state index >= 15 is 0 Å². The van der Waals surface area contributed by atoms with Crippen LogP contribution >= 0.6 is 0 Å². The Labute approximate surface area is 198 Å². The van der Waals surface area contributed by atoms with E-state index in [1.165, 1.54) is 12.0 Å². The number of rotatable bonds is 8. The molecule has 2 aliphatic rings. The summed E-state index contributed by atoms with van der Waals surface area (Å²) in [6, 6.07) is 13.6. The summed E-state index contributed by atoms with van der Waals surface area (Å²) in [5.74, 6) is -1.93. The third-order valence-electron chi connectivity index (χ3n) is 6.35. The van der Waals surface area contributed by atoms with Gasteiger partial charge in [0.1, 0.15) is 11.5 Å². The number of para-hydroxylation sites is 1. The van der Waals surface area contributed by atoms with E-state index in [1.54, 1.807) is 54.5 Å². The van der Waals surface area contributed by atoms with Gasteiger partial charge in [0, 0.05) is 37.9 Å². The molecule has 178 valence electrons. The zero-order valence-corrected chi connectivity index (χ0v) is 19.5. The minimum Gasteiger partial charge on any atom is -0.507 e. The van der Waals surface area contributed by atoms with Crippen LogP contribution in [0.3, 0.4) is 0 Å². The number of anilines is 1. The lowest BCUT2D eigenvalue weighted by atomic mass is 9.82. The smallest absolute Gasteiger partial charge is 0.296 e. The first-order chi connectivity index (χ1) is 16.4. The number of nitrogens with zero attached hydrogens (tertiary/aromatic N) is 2. The average Bonchev–Trinajstić information content (AvgIpc) is 3.23. The van der Waals surface area contributed by atoms with Crippen LogP contribution in [0.2, 0.25) is 0 Å². The quantitative estimate of drug-likeness (QED) is 0.279. The second-order valence-corrected chi connectivity index (χ2v) is 8.27. The molecule has 1 unspecified atom stereocenters. The zero-order valence-electron chi connectivity index (χ0n) is 19.5. The van der Waals surface area contributed by atoms with Crippen molar-refractivity contribution in [3.8, 4) is 5.75 Å². The van der Waals surface area contributed by atoms with Crippen molar-refractivity contribution in [1.82, 2.24) is 4.90 Å². The van der Waals surface area contributed by atoms with E-state index in [0.717, 1.165) is 0 Å². The monoisotopic (exact) mass is 464 g/mol. The third kappa shape index (κ3) is 3.37. The van der Waals surface area contributed by atoms with Gasteiger partial charge in [-0.25, -0.2) is 0 Å². The number of carbonyl (C=O) groups excluding carboxylic acids is 3. The molecular formula is C26H28N2O6. The van der Waals surface area contributed by atoms with Gasteiger partial charge in [-0.1, -0.05) is 25.1 Å². The molecule has 0 saturated carbocycles. The number of Topliss-reactive ketones (excluding diaryl/α,β-unsaturated/α-hetero) is 1. The number of hydrogen-bond acceptors (Lipinski definition) is 6. The number of likely N-dealkylation sites (tertiary alicyclic amines) is 1. The number of aliphatic hydroxyl groups is 1. The van der Waals surface area contributed by atoms with E-state index in [4.69, 9.17) is 9.47 Å². The Balaban J connectivity index is 2.00. The molecule has 0 radical (unpaired) electrons. The Bertz CT molecular complexity index is 1160. The lowest BCUT2D eigenvalue weighted by Crippen LogP contribution is -2.52. The Morgan fingerprint density at radius 1 is 1.00 bits per heavy atom. The molecule has 2 heterocycles. The third-order valence-corrected chi connectivity index (χ3v) is 6.35. The summed E-state index contributed by atoms with van der Waals surface area (Å²) < 4.78 is 10.3. The number of ether oxygens (including phenoxy) is 2. The van der Waals surface area contributed by atoms with Gasteiger partial charge in [0.25, 0.3) is 17.6 Å². The van der Waals surface area contributed by atoms with Crippen molar-refractivity contribution >= 4 is 29.0 Å². The van der Waals surface area contributed by atoms with Gasteiger partial charge in [-0.05, 0) is 43.2 Å². The molecule has 2 aliphatic heterocycles. The number of methoxy groups -OCH3 is 2. The van der Waals surface area contributed by atoms with Crippen LogP contribution in [-0.2, 0) is 24.7 Å². The molecule has 1 atom stereocenters. The summed E-state index contributed by atoms with van der Waals surface area (Å²) in [5, 5.41) is 11.4. The maximum Gasteiger partial charge on any atom is 0.296 e. The molecule has 2 aromatic rings. The van der Waals surface area contributed by atoms with Gasteiger partial charge < -0.3 is 24.4 Å². The highest BCUT2D eigenvalue weighted by Gasteiger charge is 2.66. The molecule has 1 spiro atoms. The SMILES string of the molecule is CCCN1C(=O)C2(/C(=C(\O)c3ccc(OC)cc3)C(=O)C(=O)N2CCCOC)c2ccccc21. The number of hydrogen-bond donors (Lipinski definition) is 1. The first-order valence-electron chi connectivity index (χ1n) is 11.3. The highest BCUT2D eigenvalue weighted by Crippen LogP contribution is 2.53. The molecule has 0 bridgehead atoms. The first-order valence-corrected chi connectivity index (χ1v) is 11.3. The second kappa shape index (κ2) is 9.30. The van der Waals surface area contributed by atoms with E-state index in [-0.39, 0.29) is 12.1 Å². The zero-order chi connectivity index (χ0) is 24.5. The fourth-order valence-corrected chi connectivity index (χ4v) is 4.87. The largest absolute Gasteiger partial charge is 0.507 e. The normalized spacial score (nSPS) is 21.0. The highest BCUT2D eigenvalue weighted by molar-refractivity contribution is 6.50. The van der Waals surface area contributed by atoms with Gasteiger partial charge >= 0.3 is 0 Å². The number of benzene rings is 2. The van der Waals surface area contributed by atoms with E-state index in [2.05, 4.69) is 0 Å². The van der Waals surface area contributed by atoms with Crippen molar-refractivity contribution < 1.29 is 29.0 Å². The molecule has 2 aromatic carbocycles. The maximum atomic E-state index is 14.1. The standard InChI is InChI=1S/C26H28N2O6/c1-4-14-27-20-9-6-5-8-19(20)26(25(27)32)21(22(29)17-10-12-18(34-3)13-11-17)23(30)24(31)28(26)15-7-16-33-2/h5-6,8-13,29H,4,7,14-16H2,1-3H3/b22-21-. The highest BCUT2D eigenvalue weighted by atomic mass is 16.5. The predicted molar refractivity (Wildman–Crippen MR) is 127 cm³/mol. The van der Waals surface area contributed by atoms with Crippen LogP contribution in [0.25, 0.3) is 5.76 Å². The van der Waals surface area contributed by atoms with Crippen LogP contribution in [0.4, 0.5) is 5.69 Å². The summed E-state index contributed by atoms with van der Waals surface area (Å²) in [7, 11) is 3.07. The van der Waals surface area contributed by atoms with Gasteiger partial charge in [0.05, 0.1) is 18.4 Å². The van der Waals surface area contributed by atoms with Crippen LogP contribution in [0.1, 0.15) is 30.9 Å². The maximum absolute atomic E-state index is 14.1. The van der Waals surface area contributed by atoms with Crippen LogP contribution in [0.5, 0.6) is 5.75 Å². The number of carbonyl (C=O) groups is 3. The minimum atomic E-state index is -1.74. The fourth-order valence-electron chi connectivity index (χ4n) is 4.87. The summed E-state index contributed by atoms with van der Waals surface area (Å²) in [4.78, 5) is 43.8. The van der Waals surface area contributed by atoms with Gasteiger partial charge in [-0.3, -0.25) is 14.4 Å². The van der Waals surface area contributed by atoms with E-state index < -0.39 is 28.9 Å². The first kappa shape index (κ1) is 23.5. The van der Waals surface area contributed by atoms with Crippen molar-refractivity contribution in [2.45, 2.75) is 25.3 Å². The number of aliphatic hydroxyl groups excluding tert-OH is 1. The Hall–Kier alpha value is -3.65. The van der Waals surface area contributed by atoms with Crippen molar-refractivity contribution in [2.75, 3.05) is 38.8 Å². The number of fused-ring (bicyclic) bond motifs is 2. The van der Waals surface area contributed by atoms with Crippen molar-refractivity contribution in [3.63, 3.8) is 0 Å². The molecule has 2 amide bonds. The topological polar surface area (TPSA) is 96.4 Å². The Morgan fingerprint density at radius 3 is 2.35 bits per heavy atom. The molecule has 8 nitrogen and oxygen atoms in total. The van der Waals surface area contributed by atoms with Gasteiger partial charge in [-0.15, -0.1) is 0 Å². The van der Waals surface area contributed by atoms with Gasteiger partial charge in [0.15, 0.2) is 5.54 Å². The average molecular weight is 465 g/mol. The van der Waals surface area contributed by atoms with Crippen molar-refractivity contribution in [3.05, 3.63) is 65.2 Å². The lowest BCUT2D eigenvalue weighted by molar-refractivity contribution is -0.143. The molecule has 4 rings (SSSR count). The molecule has 1 N–H and O–H groups in total. The van der Waals surface area contributed by atoms with E-state index in [0.29, 0.717) is 48.6 Å². The van der Waals surface area contributed by atoms with Crippen molar-refractivity contribution in [2.24, 2.45) is 0 Å². The summed E-state index contributed by atoms with van der Waals surface area (Å²) in [6.07, 6.45) is 1.11. The van der Waals surface area contributed by atoms with Crippen LogP contribution < -0.4 is 9.64 Å². The van der Waals surface area contributed by atoms with Crippen LogP contribution in [-0.4, -0.2) is 61.5 Å². The van der Waals surface area contributed by atoms with Crippen LogP contribution in [0.15, 0.2) is 54.1 Å². The fraction of sp³-hybridized carbons (Fsp3) is 0.346. The van der Waals surface area contributed by atoms with Crippen LogP contribution in [0, 0.1) is 0 Å². The van der Waals surface area contributed by atoms with E-state index in [9.17, 15) is 19.5 Å². The molecule has 34 heavy (non-hydrogen) atoms. The molecular weight excluding hydrogens is 436 g/mol. The molecule has 8 heteroatoms. The Kier molecular flexibility index (Phi) is 6.43. The molecule has 1 fully saturated rings.